The first-order chi connectivity index (χ1) is 15.9. The fourth-order valence-electron chi connectivity index (χ4n) is 4.21. The third-order valence-corrected chi connectivity index (χ3v) is 7.08. The Morgan fingerprint density at radius 2 is 1.94 bits per heavy atom. The second-order valence-electron chi connectivity index (χ2n) is 7.56. The van der Waals surface area contributed by atoms with E-state index in [1.54, 1.807) is 17.1 Å². The molecule has 2 aliphatic rings. The van der Waals surface area contributed by atoms with Crippen LogP contribution in [0.5, 0.6) is 5.75 Å². The molecule has 2 aromatic carbocycles. The van der Waals surface area contributed by atoms with Crippen LogP contribution in [0, 0.1) is 5.82 Å². The molecule has 1 unspecified atom stereocenters. The molecular weight excluding hydrogens is 469 g/mol. The molecule has 1 aromatic heterocycles. The first-order valence-corrected chi connectivity index (χ1v) is 11.4. The molecule has 0 bridgehead atoms. The molecule has 0 saturated heterocycles. The lowest BCUT2D eigenvalue weighted by Crippen LogP contribution is -2.54. The number of carbonyl (C=O) groups is 2. The molecule has 3 aromatic rings. The maximum atomic E-state index is 14.9. The van der Waals surface area contributed by atoms with Gasteiger partial charge in [-0.05, 0) is 28.8 Å². The summed E-state index contributed by atoms with van der Waals surface area (Å²) in [5.74, 6) is -1.53. The lowest BCUT2D eigenvalue weighted by Gasteiger charge is -2.40. The average molecular weight is 486 g/mol. The summed E-state index contributed by atoms with van der Waals surface area (Å²) >= 11 is 7.88. The van der Waals surface area contributed by atoms with Gasteiger partial charge in [0.25, 0.3) is 5.91 Å². The maximum absolute atomic E-state index is 14.9. The van der Waals surface area contributed by atoms with Gasteiger partial charge >= 0.3 is 5.97 Å². The highest BCUT2D eigenvalue weighted by molar-refractivity contribution is 7.98. The van der Waals surface area contributed by atoms with E-state index in [4.69, 9.17) is 16.3 Å². The highest BCUT2D eigenvalue weighted by Gasteiger charge is 2.36. The standard InChI is InChI=1S/C23H17ClFN3O4S/c1-12(29)32-21-18(30)8-9-27-20(21)23(31)26-11-28(27)19-13-4-2-6-16(24)15(13)10-33-22-14(19)5-3-7-17(22)25/h2-9,19H,10-11H2,1H3,(H,26,31). The largest absolute Gasteiger partial charge is 0.420 e. The molecular formula is C23H17ClFN3O4S. The van der Waals surface area contributed by atoms with Gasteiger partial charge in [0.2, 0.25) is 11.2 Å². The molecule has 2 aliphatic heterocycles. The van der Waals surface area contributed by atoms with Crippen LogP contribution in [-0.2, 0) is 10.5 Å². The molecule has 168 valence electrons. The molecule has 5 rings (SSSR count). The number of nitrogens with one attached hydrogen (secondary N) is 1. The van der Waals surface area contributed by atoms with E-state index in [0.29, 0.717) is 21.2 Å². The fraction of sp³-hybridized carbons (Fsp3) is 0.174. The Labute approximate surface area is 197 Å². The highest BCUT2D eigenvalue weighted by atomic mass is 35.5. The number of carbonyl (C=O) groups excluding carboxylic acids is 2. The predicted octanol–water partition coefficient (Wildman–Crippen LogP) is 3.60. The first-order valence-electron chi connectivity index (χ1n) is 10.0. The van der Waals surface area contributed by atoms with Crippen LogP contribution in [0.3, 0.4) is 0 Å². The van der Waals surface area contributed by atoms with Gasteiger partial charge in [0, 0.05) is 34.9 Å². The molecule has 1 atom stereocenters. The number of ether oxygens (including phenoxy) is 1. The summed E-state index contributed by atoms with van der Waals surface area (Å²) in [7, 11) is 0. The lowest BCUT2D eigenvalue weighted by molar-refractivity contribution is -0.132. The topological polar surface area (TPSA) is 80.6 Å². The summed E-state index contributed by atoms with van der Waals surface area (Å²) in [5, 5.41) is 5.08. The molecule has 0 fully saturated rings. The molecule has 33 heavy (non-hydrogen) atoms. The van der Waals surface area contributed by atoms with Crippen molar-refractivity contribution >= 4 is 35.2 Å². The van der Waals surface area contributed by atoms with Crippen molar-refractivity contribution < 1.29 is 18.7 Å². The van der Waals surface area contributed by atoms with Crippen molar-refractivity contribution in [2.45, 2.75) is 23.6 Å². The molecule has 10 heteroatoms. The molecule has 0 aliphatic carbocycles. The summed E-state index contributed by atoms with van der Waals surface area (Å²) in [6.45, 7) is 1.22. The van der Waals surface area contributed by atoms with Crippen molar-refractivity contribution in [3.63, 3.8) is 0 Å². The van der Waals surface area contributed by atoms with Crippen LogP contribution in [0.2, 0.25) is 5.02 Å². The minimum Gasteiger partial charge on any atom is -0.420 e. The average Bonchev–Trinajstić information content (AvgIpc) is 2.94. The van der Waals surface area contributed by atoms with Crippen LogP contribution in [0.1, 0.15) is 40.1 Å². The number of hydrogen-bond donors (Lipinski definition) is 1. The van der Waals surface area contributed by atoms with E-state index in [1.807, 2.05) is 18.2 Å². The van der Waals surface area contributed by atoms with Crippen LogP contribution in [0.25, 0.3) is 0 Å². The molecule has 1 N–H and O–H groups in total. The number of pyridine rings is 1. The number of benzene rings is 2. The number of thioether (sulfide) groups is 1. The van der Waals surface area contributed by atoms with Gasteiger partial charge in [0.15, 0.2) is 5.69 Å². The number of aromatic nitrogens is 1. The van der Waals surface area contributed by atoms with Crippen molar-refractivity contribution in [1.82, 2.24) is 9.99 Å². The van der Waals surface area contributed by atoms with Crippen LogP contribution < -0.4 is 20.5 Å². The van der Waals surface area contributed by atoms with E-state index in [9.17, 15) is 18.8 Å². The normalized spacial score (nSPS) is 16.8. The molecule has 0 spiro atoms. The van der Waals surface area contributed by atoms with Crippen molar-refractivity contribution in [2.24, 2.45) is 0 Å². The fourth-order valence-corrected chi connectivity index (χ4v) is 5.70. The Balaban J connectivity index is 1.78. The van der Waals surface area contributed by atoms with Gasteiger partial charge in [0.1, 0.15) is 12.5 Å². The summed E-state index contributed by atoms with van der Waals surface area (Å²) in [5.41, 5.74) is 1.68. The Hall–Kier alpha value is -3.30. The number of amides is 1. The second kappa shape index (κ2) is 8.24. The predicted molar refractivity (Wildman–Crippen MR) is 122 cm³/mol. The maximum Gasteiger partial charge on any atom is 0.308 e. The SMILES string of the molecule is CC(=O)Oc1c2n(ccc1=O)N(C1c3cccc(Cl)c3CSc3c(F)cccc31)CNC2=O. The van der Waals surface area contributed by atoms with Gasteiger partial charge in [-0.2, -0.15) is 0 Å². The molecule has 0 saturated carbocycles. The summed E-state index contributed by atoms with van der Waals surface area (Å²) in [4.78, 5) is 37.3. The quantitative estimate of drug-likeness (QED) is 0.559. The summed E-state index contributed by atoms with van der Waals surface area (Å²) < 4.78 is 21.5. The van der Waals surface area contributed by atoms with E-state index in [-0.39, 0.29) is 23.9 Å². The van der Waals surface area contributed by atoms with Gasteiger partial charge < -0.3 is 10.1 Å². The van der Waals surface area contributed by atoms with Crippen LogP contribution in [0.4, 0.5) is 4.39 Å². The van der Waals surface area contributed by atoms with E-state index < -0.39 is 23.3 Å². The van der Waals surface area contributed by atoms with Crippen LogP contribution in [-0.4, -0.2) is 23.2 Å². The van der Waals surface area contributed by atoms with Gasteiger partial charge in [-0.15, -0.1) is 11.8 Å². The second-order valence-corrected chi connectivity index (χ2v) is 8.95. The van der Waals surface area contributed by atoms with E-state index in [1.165, 1.54) is 34.8 Å². The number of hydrogen-bond acceptors (Lipinski definition) is 6. The van der Waals surface area contributed by atoms with Gasteiger partial charge in [-0.3, -0.25) is 24.1 Å². The van der Waals surface area contributed by atoms with Gasteiger partial charge in [-0.25, -0.2) is 4.39 Å². The zero-order valence-electron chi connectivity index (χ0n) is 17.3. The molecule has 3 heterocycles. The first kappa shape index (κ1) is 21.5. The van der Waals surface area contributed by atoms with Gasteiger partial charge in [0.05, 0.1) is 6.04 Å². The zero-order chi connectivity index (χ0) is 23.3. The van der Waals surface area contributed by atoms with Crippen LogP contribution >= 0.6 is 23.4 Å². The van der Waals surface area contributed by atoms with Crippen molar-refractivity contribution in [2.75, 3.05) is 11.7 Å². The van der Waals surface area contributed by atoms with E-state index in [2.05, 4.69) is 5.32 Å². The molecule has 1 amide bonds. The Morgan fingerprint density at radius 1 is 1.18 bits per heavy atom. The van der Waals surface area contributed by atoms with Crippen LogP contribution in [0.15, 0.2) is 58.4 Å². The van der Waals surface area contributed by atoms with Crippen molar-refractivity contribution in [1.29, 1.82) is 0 Å². The highest BCUT2D eigenvalue weighted by Crippen LogP contribution is 2.45. The number of fused-ring (bicyclic) bond motifs is 3. The Bertz CT molecular complexity index is 1320. The number of rotatable bonds is 2. The lowest BCUT2D eigenvalue weighted by atomic mass is 9.94. The van der Waals surface area contributed by atoms with Gasteiger partial charge in [-0.1, -0.05) is 35.9 Å². The van der Waals surface area contributed by atoms with E-state index in [0.717, 1.165) is 18.1 Å². The molecule has 0 radical (unpaired) electrons. The Kier molecular flexibility index (Phi) is 5.38. The summed E-state index contributed by atoms with van der Waals surface area (Å²) in [6, 6.07) is 11.1. The smallest absolute Gasteiger partial charge is 0.308 e. The number of esters is 1. The zero-order valence-corrected chi connectivity index (χ0v) is 18.9. The third-order valence-electron chi connectivity index (χ3n) is 5.57. The van der Waals surface area contributed by atoms with Crippen molar-refractivity contribution in [3.05, 3.63) is 92.1 Å². The minimum absolute atomic E-state index is 0.0610. The third kappa shape index (κ3) is 3.57. The monoisotopic (exact) mass is 485 g/mol. The number of nitrogens with zero attached hydrogens (tertiary/aromatic N) is 2. The molecule has 7 nitrogen and oxygen atoms in total. The summed E-state index contributed by atoms with van der Waals surface area (Å²) in [6.07, 6.45) is 1.45. The minimum atomic E-state index is -0.721. The van der Waals surface area contributed by atoms with E-state index >= 15 is 0 Å². The number of halogens is 2. The Morgan fingerprint density at radius 3 is 2.73 bits per heavy atom. The van der Waals surface area contributed by atoms with Crippen molar-refractivity contribution in [3.8, 4) is 5.75 Å².